The summed E-state index contributed by atoms with van der Waals surface area (Å²) in [4.78, 5) is 10.9. The molecule has 1 aromatic carbocycles. The van der Waals surface area contributed by atoms with Crippen LogP contribution in [-0.4, -0.2) is 16.6 Å². The van der Waals surface area contributed by atoms with Crippen LogP contribution in [0.3, 0.4) is 0 Å². The first kappa shape index (κ1) is 11.5. The van der Waals surface area contributed by atoms with Gasteiger partial charge in [0.05, 0.1) is 0 Å². The molecule has 0 saturated heterocycles. The van der Waals surface area contributed by atoms with Crippen molar-refractivity contribution in [2.45, 2.75) is 26.3 Å². The van der Waals surface area contributed by atoms with Crippen molar-refractivity contribution in [1.82, 2.24) is 0 Å². The number of halogens is 1. The van der Waals surface area contributed by atoms with Crippen LogP contribution >= 0.6 is 0 Å². The third-order valence-corrected chi connectivity index (χ3v) is 2.18. The molecule has 0 saturated carbocycles. The van der Waals surface area contributed by atoms with Crippen LogP contribution in [0.2, 0.25) is 0 Å². The van der Waals surface area contributed by atoms with Crippen molar-refractivity contribution >= 4 is 11.7 Å². The number of carboxylic acid groups (broad SMARTS) is 1. The van der Waals surface area contributed by atoms with Crippen LogP contribution in [0.1, 0.15) is 19.4 Å². The summed E-state index contributed by atoms with van der Waals surface area (Å²) in [5, 5.41) is 11.7. The van der Waals surface area contributed by atoms with Crippen LogP contribution in [0.5, 0.6) is 0 Å². The van der Waals surface area contributed by atoms with Gasteiger partial charge in [-0.3, -0.25) is 0 Å². The Labute approximate surface area is 87.9 Å². The van der Waals surface area contributed by atoms with E-state index >= 15 is 0 Å². The Balaban J connectivity index is 2.99. The molecular formula is C11H14FNO2. The van der Waals surface area contributed by atoms with Crippen molar-refractivity contribution in [2.75, 3.05) is 5.32 Å². The molecule has 3 nitrogen and oxygen atoms in total. The minimum Gasteiger partial charge on any atom is -0.480 e. The highest BCUT2D eigenvalue weighted by atomic mass is 19.1. The van der Waals surface area contributed by atoms with Crippen molar-refractivity contribution in [2.24, 2.45) is 0 Å². The SMILES string of the molecule is Cc1ccc(F)cc1NC(C)(C)C(=O)O. The lowest BCUT2D eigenvalue weighted by Crippen LogP contribution is -2.40. The molecule has 0 aliphatic carbocycles. The minimum atomic E-state index is -1.11. The van der Waals surface area contributed by atoms with E-state index in [4.69, 9.17) is 5.11 Å². The number of rotatable bonds is 3. The Morgan fingerprint density at radius 3 is 2.60 bits per heavy atom. The number of carbonyl (C=O) groups is 1. The Kier molecular flexibility index (Phi) is 2.98. The molecule has 0 amide bonds. The quantitative estimate of drug-likeness (QED) is 0.807. The number of benzene rings is 1. The molecule has 0 unspecified atom stereocenters. The van der Waals surface area contributed by atoms with Crippen molar-refractivity contribution in [3.63, 3.8) is 0 Å². The largest absolute Gasteiger partial charge is 0.480 e. The number of carboxylic acids is 1. The number of aryl methyl sites for hydroxylation is 1. The number of hydrogen-bond acceptors (Lipinski definition) is 2. The van der Waals surface area contributed by atoms with E-state index in [1.54, 1.807) is 13.0 Å². The first-order valence-corrected chi connectivity index (χ1v) is 4.60. The van der Waals surface area contributed by atoms with Crippen LogP contribution in [-0.2, 0) is 4.79 Å². The zero-order chi connectivity index (χ0) is 11.6. The van der Waals surface area contributed by atoms with E-state index in [1.807, 2.05) is 0 Å². The van der Waals surface area contributed by atoms with Gasteiger partial charge >= 0.3 is 5.97 Å². The highest BCUT2D eigenvalue weighted by Crippen LogP contribution is 2.20. The molecule has 0 aliphatic heterocycles. The first-order chi connectivity index (χ1) is 6.83. The standard InChI is InChI=1S/C11H14FNO2/c1-7-4-5-8(12)6-9(7)13-11(2,3)10(14)15/h4-6,13H,1-3H3,(H,14,15). The van der Waals surface area contributed by atoms with E-state index in [0.717, 1.165) is 5.56 Å². The summed E-state index contributed by atoms with van der Waals surface area (Å²) in [5.74, 6) is -1.37. The Morgan fingerprint density at radius 2 is 2.07 bits per heavy atom. The van der Waals surface area contributed by atoms with Crippen LogP contribution in [0, 0.1) is 12.7 Å². The fourth-order valence-corrected chi connectivity index (χ4v) is 1.12. The third-order valence-electron chi connectivity index (χ3n) is 2.18. The van der Waals surface area contributed by atoms with Gasteiger partial charge in [0, 0.05) is 5.69 Å². The Hall–Kier alpha value is -1.58. The maximum Gasteiger partial charge on any atom is 0.328 e. The number of aliphatic carboxylic acids is 1. The maximum atomic E-state index is 12.9. The summed E-state index contributed by atoms with van der Waals surface area (Å²) in [6.45, 7) is 4.85. The molecule has 0 atom stereocenters. The van der Waals surface area contributed by atoms with Gasteiger partial charge in [-0.25, -0.2) is 9.18 Å². The highest BCUT2D eigenvalue weighted by molar-refractivity contribution is 5.82. The van der Waals surface area contributed by atoms with Gasteiger partial charge in [-0.15, -0.1) is 0 Å². The van der Waals surface area contributed by atoms with Gasteiger partial charge in [0.2, 0.25) is 0 Å². The highest BCUT2D eigenvalue weighted by Gasteiger charge is 2.27. The zero-order valence-corrected chi connectivity index (χ0v) is 8.97. The van der Waals surface area contributed by atoms with E-state index < -0.39 is 11.5 Å². The van der Waals surface area contributed by atoms with E-state index in [2.05, 4.69) is 5.32 Å². The summed E-state index contributed by atoms with van der Waals surface area (Å²) in [6.07, 6.45) is 0. The average Bonchev–Trinajstić information content (AvgIpc) is 2.10. The topological polar surface area (TPSA) is 49.3 Å². The molecule has 1 rings (SSSR count). The van der Waals surface area contributed by atoms with Crippen LogP contribution < -0.4 is 5.32 Å². The molecule has 0 aromatic heterocycles. The summed E-state index contributed by atoms with van der Waals surface area (Å²) in [6, 6.07) is 4.24. The van der Waals surface area contributed by atoms with E-state index in [1.165, 1.54) is 26.0 Å². The summed E-state index contributed by atoms with van der Waals surface area (Å²) >= 11 is 0. The van der Waals surface area contributed by atoms with Gasteiger partial charge in [-0.1, -0.05) is 6.07 Å². The smallest absolute Gasteiger partial charge is 0.328 e. The minimum absolute atomic E-state index is 0.385. The molecule has 4 heteroatoms. The zero-order valence-electron chi connectivity index (χ0n) is 8.97. The lowest BCUT2D eigenvalue weighted by Gasteiger charge is -2.23. The van der Waals surface area contributed by atoms with Gasteiger partial charge in [-0.2, -0.15) is 0 Å². The fourth-order valence-electron chi connectivity index (χ4n) is 1.12. The average molecular weight is 211 g/mol. The van der Waals surface area contributed by atoms with E-state index in [9.17, 15) is 9.18 Å². The monoisotopic (exact) mass is 211 g/mol. The molecule has 0 spiro atoms. The lowest BCUT2D eigenvalue weighted by atomic mass is 10.0. The molecule has 0 radical (unpaired) electrons. The second kappa shape index (κ2) is 3.88. The molecule has 0 aliphatic rings. The van der Waals surface area contributed by atoms with Crippen LogP contribution in [0.25, 0.3) is 0 Å². The fraction of sp³-hybridized carbons (Fsp3) is 0.364. The maximum absolute atomic E-state index is 12.9. The van der Waals surface area contributed by atoms with Crippen LogP contribution in [0.4, 0.5) is 10.1 Å². The summed E-state index contributed by atoms with van der Waals surface area (Å²) < 4.78 is 12.9. The molecule has 0 heterocycles. The van der Waals surface area contributed by atoms with Gasteiger partial charge in [0.1, 0.15) is 11.4 Å². The summed E-state index contributed by atoms with van der Waals surface area (Å²) in [5.41, 5.74) is 0.201. The molecule has 0 bridgehead atoms. The molecule has 1 aromatic rings. The molecule has 15 heavy (non-hydrogen) atoms. The normalized spacial score (nSPS) is 11.2. The van der Waals surface area contributed by atoms with Gasteiger partial charge in [0.15, 0.2) is 0 Å². The predicted octanol–water partition coefficient (Wildman–Crippen LogP) is 2.41. The van der Waals surface area contributed by atoms with Gasteiger partial charge in [0.25, 0.3) is 0 Å². The predicted molar refractivity (Wildman–Crippen MR) is 56.5 cm³/mol. The first-order valence-electron chi connectivity index (χ1n) is 4.60. The molecule has 82 valence electrons. The second-order valence-corrected chi connectivity index (χ2v) is 4.01. The molecule has 2 N–H and O–H groups in total. The Bertz CT molecular complexity index is 388. The van der Waals surface area contributed by atoms with Crippen molar-refractivity contribution in [1.29, 1.82) is 0 Å². The van der Waals surface area contributed by atoms with Gasteiger partial charge in [-0.05, 0) is 38.5 Å². The van der Waals surface area contributed by atoms with Crippen LogP contribution in [0.15, 0.2) is 18.2 Å². The van der Waals surface area contributed by atoms with Crippen molar-refractivity contribution < 1.29 is 14.3 Å². The Morgan fingerprint density at radius 1 is 1.47 bits per heavy atom. The lowest BCUT2D eigenvalue weighted by molar-refractivity contribution is -0.141. The van der Waals surface area contributed by atoms with E-state index in [0.29, 0.717) is 5.69 Å². The van der Waals surface area contributed by atoms with Crippen molar-refractivity contribution in [3.05, 3.63) is 29.6 Å². The number of anilines is 1. The van der Waals surface area contributed by atoms with E-state index in [-0.39, 0.29) is 5.82 Å². The number of hydrogen-bond donors (Lipinski definition) is 2. The van der Waals surface area contributed by atoms with Crippen molar-refractivity contribution in [3.8, 4) is 0 Å². The molecular weight excluding hydrogens is 197 g/mol. The second-order valence-electron chi connectivity index (χ2n) is 4.01. The third kappa shape index (κ3) is 2.68. The molecule has 0 fully saturated rings. The van der Waals surface area contributed by atoms with Gasteiger partial charge < -0.3 is 10.4 Å². The summed E-state index contributed by atoms with van der Waals surface area (Å²) in [7, 11) is 0. The number of nitrogens with one attached hydrogen (secondary N) is 1.